The van der Waals surface area contributed by atoms with Crippen molar-refractivity contribution in [3.05, 3.63) is 65.5 Å². The lowest BCUT2D eigenvalue weighted by Gasteiger charge is -2.14. The summed E-state index contributed by atoms with van der Waals surface area (Å²) in [5.41, 5.74) is 2.45. The average molecular weight is 240 g/mol. The van der Waals surface area contributed by atoms with E-state index in [2.05, 4.69) is 10.3 Å². The normalized spacial score (nSPS) is 11.9. The van der Waals surface area contributed by atoms with Gasteiger partial charge in [-0.3, -0.25) is 9.78 Å². The van der Waals surface area contributed by atoms with Crippen LogP contribution in [0.2, 0.25) is 0 Å². The van der Waals surface area contributed by atoms with Crippen LogP contribution in [-0.4, -0.2) is 10.9 Å². The third kappa shape index (κ3) is 2.74. The van der Waals surface area contributed by atoms with Crippen LogP contribution in [0.4, 0.5) is 0 Å². The molecule has 0 aliphatic carbocycles. The molecule has 1 heterocycles. The van der Waals surface area contributed by atoms with Gasteiger partial charge in [0.2, 0.25) is 0 Å². The lowest BCUT2D eigenvalue weighted by Crippen LogP contribution is -2.28. The molecule has 1 unspecified atom stereocenters. The number of nitrogens with zero attached hydrogens (tertiary/aromatic N) is 1. The molecular weight excluding hydrogens is 224 g/mol. The Morgan fingerprint density at radius 3 is 2.56 bits per heavy atom. The lowest BCUT2D eigenvalue weighted by atomic mass is 10.1. The van der Waals surface area contributed by atoms with Gasteiger partial charge in [0.1, 0.15) is 5.69 Å². The summed E-state index contributed by atoms with van der Waals surface area (Å²) in [5.74, 6) is -0.135. The van der Waals surface area contributed by atoms with Gasteiger partial charge in [-0.2, -0.15) is 0 Å². The summed E-state index contributed by atoms with van der Waals surface area (Å²) < 4.78 is 0. The van der Waals surface area contributed by atoms with Gasteiger partial charge < -0.3 is 5.32 Å². The van der Waals surface area contributed by atoms with Gasteiger partial charge in [-0.05, 0) is 31.0 Å². The molecule has 0 fully saturated rings. The van der Waals surface area contributed by atoms with Gasteiger partial charge >= 0.3 is 0 Å². The number of nitrogens with one attached hydrogen (secondary N) is 1. The first-order valence-electron chi connectivity index (χ1n) is 5.96. The standard InChI is InChI=1S/C15H16N2O/c1-11-7-6-10-16-14(11)15(18)17-12(2)13-8-4-3-5-9-13/h3-10,12H,1-2H3,(H,17,18). The Labute approximate surface area is 107 Å². The zero-order valence-electron chi connectivity index (χ0n) is 10.6. The highest BCUT2D eigenvalue weighted by molar-refractivity contribution is 5.93. The van der Waals surface area contributed by atoms with E-state index in [4.69, 9.17) is 0 Å². The molecule has 1 aromatic carbocycles. The Balaban J connectivity index is 2.11. The zero-order chi connectivity index (χ0) is 13.0. The van der Waals surface area contributed by atoms with E-state index >= 15 is 0 Å². The topological polar surface area (TPSA) is 42.0 Å². The second-order valence-corrected chi connectivity index (χ2v) is 4.27. The van der Waals surface area contributed by atoms with Crippen LogP contribution in [0, 0.1) is 6.92 Å². The number of aryl methyl sites for hydroxylation is 1. The van der Waals surface area contributed by atoms with Gasteiger partial charge in [-0.15, -0.1) is 0 Å². The molecule has 1 N–H and O–H groups in total. The molecule has 0 spiro atoms. The number of carbonyl (C=O) groups is 1. The molecule has 1 aromatic heterocycles. The highest BCUT2D eigenvalue weighted by Crippen LogP contribution is 2.12. The first kappa shape index (κ1) is 12.3. The van der Waals surface area contributed by atoms with Crippen molar-refractivity contribution in [2.24, 2.45) is 0 Å². The second kappa shape index (κ2) is 5.45. The molecule has 0 aliphatic rings. The van der Waals surface area contributed by atoms with Gasteiger partial charge in [0, 0.05) is 6.20 Å². The van der Waals surface area contributed by atoms with Crippen molar-refractivity contribution in [3.63, 3.8) is 0 Å². The van der Waals surface area contributed by atoms with E-state index in [9.17, 15) is 4.79 Å². The fourth-order valence-corrected chi connectivity index (χ4v) is 1.81. The van der Waals surface area contributed by atoms with Crippen LogP contribution in [-0.2, 0) is 0 Å². The van der Waals surface area contributed by atoms with Crippen LogP contribution < -0.4 is 5.32 Å². The average Bonchev–Trinajstić information content (AvgIpc) is 2.40. The van der Waals surface area contributed by atoms with Crippen LogP contribution in [0.25, 0.3) is 0 Å². The lowest BCUT2D eigenvalue weighted by molar-refractivity contribution is 0.0934. The quantitative estimate of drug-likeness (QED) is 0.896. The van der Waals surface area contributed by atoms with Gasteiger partial charge in [0.25, 0.3) is 5.91 Å². The van der Waals surface area contributed by atoms with E-state index in [1.165, 1.54) is 0 Å². The predicted molar refractivity (Wildman–Crippen MR) is 71.3 cm³/mol. The molecule has 0 saturated carbocycles. The number of hydrogen-bond donors (Lipinski definition) is 1. The SMILES string of the molecule is Cc1cccnc1C(=O)NC(C)c1ccccc1. The minimum absolute atomic E-state index is 0.0277. The predicted octanol–water partition coefficient (Wildman–Crippen LogP) is 2.88. The minimum Gasteiger partial charge on any atom is -0.344 e. The molecule has 0 aliphatic heterocycles. The summed E-state index contributed by atoms with van der Waals surface area (Å²) in [6, 6.07) is 13.6. The van der Waals surface area contributed by atoms with Crippen LogP contribution in [0.3, 0.4) is 0 Å². The largest absolute Gasteiger partial charge is 0.344 e. The summed E-state index contributed by atoms with van der Waals surface area (Å²) in [4.78, 5) is 16.2. The van der Waals surface area contributed by atoms with E-state index in [0.717, 1.165) is 11.1 Å². The van der Waals surface area contributed by atoms with Crippen LogP contribution in [0.1, 0.15) is 34.6 Å². The number of amides is 1. The van der Waals surface area contributed by atoms with E-state index < -0.39 is 0 Å². The van der Waals surface area contributed by atoms with E-state index in [1.807, 2.05) is 56.3 Å². The number of aromatic nitrogens is 1. The number of pyridine rings is 1. The van der Waals surface area contributed by atoms with Gasteiger partial charge in [0.15, 0.2) is 0 Å². The van der Waals surface area contributed by atoms with Crippen LogP contribution >= 0.6 is 0 Å². The molecule has 18 heavy (non-hydrogen) atoms. The smallest absolute Gasteiger partial charge is 0.270 e. The Hall–Kier alpha value is -2.16. The minimum atomic E-state index is -0.135. The van der Waals surface area contributed by atoms with Crippen molar-refractivity contribution in [3.8, 4) is 0 Å². The molecular formula is C15H16N2O. The third-order valence-corrected chi connectivity index (χ3v) is 2.87. The maximum absolute atomic E-state index is 12.1. The fourth-order valence-electron chi connectivity index (χ4n) is 1.81. The van der Waals surface area contributed by atoms with Crippen molar-refractivity contribution >= 4 is 5.91 Å². The molecule has 0 bridgehead atoms. The van der Waals surface area contributed by atoms with Crippen LogP contribution in [0.15, 0.2) is 48.7 Å². The molecule has 2 rings (SSSR count). The summed E-state index contributed by atoms with van der Waals surface area (Å²) in [5, 5.41) is 2.95. The summed E-state index contributed by atoms with van der Waals surface area (Å²) >= 11 is 0. The molecule has 0 radical (unpaired) electrons. The Morgan fingerprint density at radius 2 is 1.89 bits per heavy atom. The Bertz CT molecular complexity index is 537. The third-order valence-electron chi connectivity index (χ3n) is 2.87. The monoisotopic (exact) mass is 240 g/mol. The number of benzene rings is 1. The fraction of sp³-hybridized carbons (Fsp3) is 0.200. The number of carbonyl (C=O) groups excluding carboxylic acids is 1. The van der Waals surface area contributed by atoms with E-state index in [0.29, 0.717) is 5.69 Å². The summed E-state index contributed by atoms with van der Waals surface area (Å²) in [6.07, 6.45) is 1.63. The molecule has 1 atom stereocenters. The Kier molecular flexibility index (Phi) is 3.72. The summed E-state index contributed by atoms with van der Waals surface area (Å²) in [6.45, 7) is 3.85. The second-order valence-electron chi connectivity index (χ2n) is 4.27. The molecule has 3 heteroatoms. The molecule has 1 amide bonds. The Morgan fingerprint density at radius 1 is 1.17 bits per heavy atom. The maximum atomic E-state index is 12.1. The molecule has 92 valence electrons. The van der Waals surface area contributed by atoms with Gasteiger partial charge in [-0.1, -0.05) is 36.4 Å². The number of rotatable bonds is 3. The van der Waals surface area contributed by atoms with Crippen molar-refractivity contribution in [1.29, 1.82) is 0 Å². The highest BCUT2D eigenvalue weighted by atomic mass is 16.1. The first-order chi connectivity index (χ1) is 8.68. The van der Waals surface area contributed by atoms with Gasteiger partial charge in [-0.25, -0.2) is 0 Å². The summed E-state index contributed by atoms with van der Waals surface area (Å²) in [7, 11) is 0. The molecule has 2 aromatic rings. The highest BCUT2D eigenvalue weighted by Gasteiger charge is 2.13. The van der Waals surface area contributed by atoms with Crippen molar-refractivity contribution in [2.75, 3.05) is 0 Å². The zero-order valence-corrected chi connectivity index (χ0v) is 10.6. The van der Waals surface area contributed by atoms with Crippen LogP contribution in [0.5, 0.6) is 0 Å². The first-order valence-corrected chi connectivity index (χ1v) is 5.96. The molecule has 3 nitrogen and oxygen atoms in total. The maximum Gasteiger partial charge on any atom is 0.270 e. The van der Waals surface area contributed by atoms with Gasteiger partial charge in [0.05, 0.1) is 6.04 Å². The van der Waals surface area contributed by atoms with Crippen molar-refractivity contribution < 1.29 is 4.79 Å². The molecule has 0 saturated heterocycles. The van der Waals surface area contributed by atoms with Crippen molar-refractivity contribution in [2.45, 2.75) is 19.9 Å². The van der Waals surface area contributed by atoms with E-state index in [1.54, 1.807) is 6.20 Å². The van der Waals surface area contributed by atoms with Crippen molar-refractivity contribution in [1.82, 2.24) is 10.3 Å². The van der Waals surface area contributed by atoms with E-state index in [-0.39, 0.29) is 11.9 Å². The number of hydrogen-bond acceptors (Lipinski definition) is 2.